The highest BCUT2D eigenvalue weighted by Gasteiger charge is 2.45. The molecule has 0 atom stereocenters. The van der Waals surface area contributed by atoms with E-state index >= 15 is 0 Å². The summed E-state index contributed by atoms with van der Waals surface area (Å²) in [5.41, 5.74) is 0.759. The molecule has 0 unspecified atom stereocenters. The molecule has 2 aliphatic heterocycles. The second-order valence-electron chi connectivity index (χ2n) is 4.91. The summed E-state index contributed by atoms with van der Waals surface area (Å²) < 4.78 is 0. The van der Waals surface area contributed by atoms with Crippen molar-refractivity contribution >= 4 is 0 Å². The molecular weight excluding hydrogens is 287 g/mol. The van der Waals surface area contributed by atoms with Gasteiger partial charge in [-0.3, -0.25) is 0 Å². The number of nitrogens with zero attached hydrogens (tertiary/aromatic N) is 1. The topological polar surface area (TPSA) is 7.68 Å². The molecule has 0 aromatic heterocycles. The zero-order chi connectivity index (χ0) is 9.31. The summed E-state index contributed by atoms with van der Waals surface area (Å²) in [6.45, 7) is 12.8. The lowest BCUT2D eigenvalue weighted by atomic mass is 9.72. The molecule has 0 aromatic carbocycles. The Hall–Kier alpha value is 0.650. The van der Waals surface area contributed by atoms with E-state index in [1.165, 1.54) is 52.1 Å². The Bertz CT molecular complexity index is 168. The summed E-state index contributed by atoms with van der Waals surface area (Å²) >= 11 is 0. The maximum absolute atomic E-state index is 2.58. The summed E-state index contributed by atoms with van der Waals surface area (Å²) in [5, 5.41) is 0. The molecule has 2 heterocycles. The monoisotopic (exact) mass is 310 g/mol. The van der Waals surface area contributed by atoms with Crippen LogP contribution in [0.2, 0.25) is 0 Å². The van der Waals surface area contributed by atoms with Gasteiger partial charge in [0.15, 0.2) is 0 Å². The molecule has 2 nitrogen and oxygen atoms in total. The quantitative estimate of drug-likeness (QED) is 0.535. The molecule has 0 saturated carbocycles. The van der Waals surface area contributed by atoms with Gasteiger partial charge < -0.3 is 33.8 Å². The second kappa shape index (κ2) is 5.12. The molecule has 1 spiro atoms. The van der Waals surface area contributed by atoms with Crippen molar-refractivity contribution in [3.63, 3.8) is 0 Å². The summed E-state index contributed by atoms with van der Waals surface area (Å²) in [6, 6.07) is 0. The van der Waals surface area contributed by atoms with Gasteiger partial charge in [0.2, 0.25) is 0 Å². The zero-order valence-corrected chi connectivity index (χ0v) is 11.6. The summed E-state index contributed by atoms with van der Waals surface area (Å²) in [7, 11) is 0. The lowest BCUT2D eigenvalue weighted by Gasteiger charge is -2.52. The largest absolute Gasteiger partial charge is 1.00 e. The first-order chi connectivity index (χ1) is 6.28. The fourth-order valence-electron chi connectivity index (χ4n) is 2.93. The van der Waals surface area contributed by atoms with Gasteiger partial charge in [0, 0.05) is 31.3 Å². The zero-order valence-electron chi connectivity index (χ0n) is 9.48. The van der Waals surface area contributed by atoms with Crippen LogP contribution in [0.5, 0.6) is 0 Å². The van der Waals surface area contributed by atoms with Crippen LogP contribution in [0, 0.1) is 5.41 Å². The van der Waals surface area contributed by atoms with Crippen LogP contribution < -0.4 is 28.9 Å². The van der Waals surface area contributed by atoms with Crippen LogP contribution in [-0.2, 0) is 0 Å². The highest BCUT2D eigenvalue weighted by molar-refractivity contribution is 4.95. The van der Waals surface area contributed by atoms with E-state index in [0.717, 1.165) is 5.41 Å². The molecule has 0 aromatic rings. The average Bonchev–Trinajstić information content (AvgIpc) is 2.14. The SMILES string of the molecule is CCN1CC2(CC[NH+](CC)CC2)C1.[I-]. The number of rotatable bonds is 2. The van der Waals surface area contributed by atoms with Gasteiger partial charge in [-0.05, 0) is 13.5 Å². The third kappa shape index (κ3) is 2.42. The number of nitrogens with one attached hydrogen (secondary N) is 1. The molecule has 3 heteroatoms. The molecule has 0 radical (unpaired) electrons. The van der Waals surface area contributed by atoms with Crippen molar-refractivity contribution in [1.29, 1.82) is 0 Å². The Kier molecular flexibility index (Phi) is 4.65. The summed E-state index contributed by atoms with van der Waals surface area (Å²) in [5.74, 6) is 0. The highest BCUT2D eigenvalue weighted by atomic mass is 127. The molecule has 1 N–H and O–H groups in total. The van der Waals surface area contributed by atoms with Crippen LogP contribution in [0.3, 0.4) is 0 Å². The van der Waals surface area contributed by atoms with Crippen molar-refractivity contribution in [3.8, 4) is 0 Å². The van der Waals surface area contributed by atoms with Crippen molar-refractivity contribution in [2.45, 2.75) is 26.7 Å². The van der Waals surface area contributed by atoms with E-state index in [1.807, 2.05) is 4.90 Å². The third-order valence-electron chi connectivity index (χ3n) is 4.08. The van der Waals surface area contributed by atoms with Gasteiger partial charge >= 0.3 is 0 Å². The Balaban J connectivity index is 0.000000980. The number of piperidine rings is 1. The van der Waals surface area contributed by atoms with Gasteiger partial charge in [-0.15, -0.1) is 0 Å². The van der Waals surface area contributed by atoms with E-state index in [9.17, 15) is 0 Å². The number of halogens is 1. The molecule has 2 rings (SSSR count). The second-order valence-corrected chi connectivity index (χ2v) is 4.91. The number of likely N-dealkylation sites (tertiary alicyclic amines) is 2. The standard InChI is InChI=1S/C11H22N2.HI/c1-3-12-7-5-11(6-8-12)9-13(4-2)10-11;/h3-10H2,1-2H3;1H. The predicted octanol–water partition coefficient (Wildman–Crippen LogP) is -2.99. The normalized spacial score (nSPS) is 27.0. The number of hydrogen-bond acceptors (Lipinski definition) is 1. The molecule has 14 heavy (non-hydrogen) atoms. The Morgan fingerprint density at radius 3 is 2.14 bits per heavy atom. The Labute approximate surface area is 105 Å². The minimum Gasteiger partial charge on any atom is -1.00 e. The van der Waals surface area contributed by atoms with Gasteiger partial charge in [-0.1, -0.05) is 6.92 Å². The van der Waals surface area contributed by atoms with Crippen LogP contribution in [0.15, 0.2) is 0 Å². The molecule has 2 aliphatic rings. The summed E-state index contributed by atoms with van der Waals surface area (Å²) in [4.78, 5) is 4.40. The van der Waals surface area contributed by atoms with Crippen LogP contribution in [0.1, 0.15) is 26.7 Å². The van der Waals surface area contributed by atoms with Gasteiger partial charge in [-0.2, -0.15) is 0 Å². The van der Waals surface area contributed by atoms with Crippen molar-refractivity contribution < 1.29 is 28.9 Å². The maximum atomic E-state index is 2.58. The van der Waals surface area contributed by atoms with Crippen molar-refractivity contribution in [2.24, 2.45) is 5.41 Å². The van der Waals surface area contributed by atoms with E-state index in [-0.39, 0.29) is 24.0 Å². The summed E-state index contributed by atoms with van der Waals surface area (Å²) in [6.07, 6.45) is 2.96. The molecule has 2 fully saturated rings. The van der Waals surface area contributed by atoms with E-state index < -0.39 is 0 Å². The third-order valence-corrected chi connectivity index (χ3v) is 4.08. The van der Waals surface area contributed by atoms with Crippen LogP contribution in [0.25, 0.3) is 0 Å². The van der Waals surface area contributed by atoms with Crippen molar-refractivity contribution in [2.75, 3.05) is 39.3 Å². The van der Waals surface area contributed by atoms with Gasteiger partial charge in [0.1, 0.15) is 0 Å². The Morgan fingerprint density at radius 2 is 1.71 bits per heavy atom. The molecule has 84 valence electrons. The van der Waals surface area contributed by atoms with Gasteiger partial charge in [0.05, 0.1) is 19.6 Å². The van der Waals surface area contributed by atoms with E-state index in [2.05, 4.69) is 18.7 Å². The molecule has 2 saturated heterocycles. The smallest absolute Gasteiger partial charge is 0.0777 e. The predicted molar refractivity (Wildman–Crippen MR) is 55.0 cm³/mol. The number of hydrogen-bond donors (Lipinski definition) is 1. The minimum atomic E-state index is 0. The first-order valence-corrected chi connectivity index (χ1v) is 5.84. The lowest BCUT2D eigenvalue weighted by molar-refractivity contribution is -0.906. The minimum absolute atomic E-state index is 0. The molecule has 0 bridgehead atoms. The fourth-order valence-corrected chi connectivity index (χ4v) is 2.93. The van der Waals surface area contributed by atoms with Crippen LogP contribution >= 0.6 is 0 Å². The lowest BCUT2D eigenvalue weighted by Crippen LogP contribution is -3.13. The first kappa shape index (κ1) is 12.7. The molecule has 0 amide bonds. The van der Waals surface area contributed by atoms with E-state index in [4.69, 9.17) is 0 Å². The first-order valence-electron chi connectivity index (χ1n) is 5.84. The highest BCUT2D eigenvalue weighted by Crippen LogP contribution is 2.37. The van der Waals surface area contributed by atoms with Gasteiger partial charge in [-0.25, -0.2) is 0 Å². The van der Waals surface area contributed by atoms with Crippen molar-refractivity contribution in [1.82, 2.24) is 4.90 Å². The van der Waals surface area contributed by atoms with Crippen LogP contribution in [-0.4, -0.2) is 44.2 Å². The van der Waals surface area contributed by atoms with Crippen molar-refractivity contribution in [3.05, 3.63) is 0 Å². The van der Waals surface area contributed by atoms with E-state index in [0.29, 0.717) is 0 Å². The van der Waals surface area contributed by atoms with E-state index in [1.54, 1.807) is 0 Å². The molecule has 0 aliphatic carbocycles. The molecular formula is C11H23IN2. The van der Waals surface area contributed by atoms with Crippen LogP contribution in [0.4, 0.5) is 0 Å². The number of quaternary nitrogens is 1. The fraction of sp³-hybridized carbons (Fsp3) is 1.00. The maximum Gasteiger partial charge on any atom is 0.0777 e. The average molecular weight is 310 g/mol. The Morgan fingerprint density at radius 1 is 1.14 bits per heavy atom. The van der Waals surface area contributed by atoms with Gasteiger partial charge in [0.25, 0.3) is 0 Å².